The van der Waals surface area contributed by atoms with Gasteiger partial charge in [0.2, 0.25) is 5.91 Å². The van der Waals surface area contributed by atoms with Gasteiger partial charge in [0.25, 0.3) is 0 Å². The zero-order chi connectivity index (χ0) is 20.6. The van der Waals surface area contributed by atoms with E-state index in [1.165, 1.54) is 22.9 Å². The molecular formula is C23H26N4OS. The van der Waals surface area contributed by atoms with Crippen molar-refractivity contribution in [3.8, 4) is 0 Å². The third-order valence-electron chi connectivity index (χ3n) is 5.79. The molecule has 5 nitrogen and oxygen atoms in total. The fourth-order valence-corrected chi connectivity index (χ4v) is 5.37. The van der Waals surface area contributed by atoms with E-state index in [4.69, 9.17) is 0 Å². The predicted molar refractivity (Wildman–Crippen MR) is 117 cm³/mol. The first kappa shape index (κ1) is 19.7. The number of amides is 1. The van der Waals surface area contributed by atoms with E-state index in [9.17, 15) is 4.79 Å². The maximum Gasteiger partial charge on any atom is 0.237 e. The molecule has 0 unspecified atom stereocenters. The fourth-order valence-electron chi connectivity index (χ4n) is 4.63. The van der Waals surface area contributed by atoms with Gasteiger partial charge < -0.3 is 9.47 Å². The molecule has 4 rings (SSSR count). The average Bonchev–Trinajstić information content (AvgIpc) is 3.11. The number of aromatic nitrogens is 3. The quantitative estimate of drug-likeness (QED) is 0.602. The summed E-state index contributed by atoms with van der Waals surface area (Å²) in [6.45, 7) is 6.61. The highest BCUT2D eigenvalue weighted by Crippen LogP contribution is 2.50. The van der Waals surface area contributed by atoms with Crippen LogP contribution in [0.2, 0.25) is 0 Å². The van der Waals surface area contributed by atoms with Gasteiger partial charge in [0.05, 0.1) is 5.75 Å². The molecule has 0 bridgehead atoms. The number of hydrogen-bond acceptors (Lipinski definition) is 4. The zero-order valence-electron chi connectivity index (χ0n) is 17.3. The largest absolute Gasteiger partial charge is 0.312 e. The van der Waals surface area contributed by atoms with Crippen molar-refractivity contribution in [3.05, 3.63) is 72.1 Å². The molecule has 1 aromatic heterocycles. The van der Waals surface area contributed by atoms with Crippen molar-refractivity contribution in [2.24, 2.45) is 7.05 Å². The molecule has 2 aromatic carbocycles. The van der Waals surface area contributed by atoms with Crippen molar-refractivity contribution in [2.75, 3.05) is 10.7 Å². The highest BCUT2D eigenvalue weighted by atomic mass is 32.2. The van der Waals surface area contributed by atoms with Crippen molar-refractivity contribution < 1.29 is 4.79 Å². The Morgan fingerprint density at radius 3 is 2.45 bits per heavy atom. The lowest BCUT2D eigenvalue weighted by Gasteiger charge is -2.51. The number of rotatable bonds is 4. The van der Waals surface area contributed by atoms with Crippen LogP contribution < -0.4 is 4.90 Å². The Bertz CT molecular complexity index is 1030. The first-order valence-corrected chi connectivity index (χ1v) is 10.8. The highest BCUT2D eigenvalue weighted by Gasteiger charge is 2.47. The van der Waals surface area contributed by atoms with E-state index in [1.807, 2.05) is 28.6 Å². The van der Waals surface area contributed by atoms with Crippen molar-refractivity contribution >= 4 is 23.4 Å². The number of aryl methyl sites for hydroxylation is 1. The Hall–Kier alpha value is -2.60. The van der Waals surface area contributed by atoms with Crippen LogP contribution in [0.25, 0.3) is 0 Å². The molecule has 2 heterocycles. The molecule has 29 heavy (non-hydrogen) atoms. The zero-order valence-corrected chi connectivity index (χ0v) is 18.1. The molecule has 0 aliphatic carbocycles. The van der Waals surface area contributed by atoms with Crippen LogP contribution in [0.1, 0.15) is 38.3 Å². The average molecular weight is 407 g/mol. The molecule has 6 heteroatoms. The standard InChI is InChI=1S/C23H26N4OS/c1-22(2)15-23(3,17-10-6-5-7-11-17)18-12-8-9-13-19(18)27(22)20(28)14-29-21-25-24-16-26(21)4/h5-13,16H,14-15H2,1-4H3/t23-/m1/s1. The van der Waals surface area contributed by atoms with E-state index >= 15 is 0 Å². The van der Waals surface area contributed by atoms with Crippen molar-refractivity contribution in [2.45, 2.75) is 43.3 Å². The Kier molecular flexibility index (Phi) is 4.99. The number of fused-ring (bicyclic) bond motifs is 1. The van der Waals surface area contributed by atoms with Crippen LogP contribution in [0, 0.1) is 0 Å². The first-order chi connectivity index (χ1) is 13.8. The normalized spacial score (nSPS) is 20.3. The van der Waals surface area contributed by atoms with Gasteiger partial charge in [-0.15, -0.1) is 10.2 Å². The van der Waals surface area contributed by atoms with Gasteiger partial charge in [-0.2, -0.15) is 0 Å². The summed E-state index contributed by atoms with van der Waals surface area (Å²) < 4.78 is 1.83. The van der Waals surface area contributed by atoms with Gasteiger partial charge in [-0.25, -0.2) is 0 Å². The Balaban J connectivity index is 1.72. The van der Waals surface area contributed by atoms with Crippen molar-refractivity contribution in [1.82, 2.24) is 14.8 Å². The van der Waals surface area contributed by atoms with Gasteiger partial charge in [0, 0.05) is 23.7 Å². The lowest BCUT2D eigenvalue weighted by atomic mass is 9.65. The molecule has 0 saturated carbocycles. The fraction of sp³-hybridized carbons (Fsp3) is 0.348. The van der Waals surface area contributed by atoms with Crippen molar-refractivity contribution in [1.29, 1.82) is 0 Å². The Morgan fingerprint density at radius 2 is 1.76 bits per heavy atom. The maximum absolute atomic E-state index is 13.4. The third kappa shape index (κ3) is 3.46. The van der Waals surface area contributed by atoms with E-state index in [0.717, 1.165) is 17.3 Å². The monoisotopic (exact) mass is 406 g/mol. The SMILES string of the molecule is Cn1cnnc1SCC(=O)N1c2ccccc2[C@@](C)(c2ccccc2)CC1(C)C. The Morgan fingerprint density at radius 1 is 1.07 bits per heavy atom. The number of benzene rings is 2. The summed E-state index contributed by atoms with van der Waals surface area (Å²) in [5, 5.41) is 8.72. The van der Waals surface area contributed by atoms with Gasteiger partial charge in [-0.3, -0.25) is 4.79 Å². The predicted octanol–water partition coefficient (Wildman–Crippen LogP) is 4.43. The number of carbonyl (C=O) groups is 1. The number of carbonyl (C=O) groups excluding carboxylic acids is 1. The second-order valence-corrected chi connectivity index (χ2v) is 9.39. The van der Waals surface area contributed by atoms with E-state index in [-0.39, 0.29) is 16.9 Å². The van der Waals surface area contributed by atoms with E-state index in [1.54, 1.807) is 6.33 Å². The Labute approximate surface area is 176 Å². The molecule has 0 N–H and O–H groups in total. The lowest BCUT2D eigenvalue weighted by molar-refractivity contribution is -0.117. The van der Waals surface area contributed by atoms with E-state index in [2.05, 4.69) is 73.4 Å². The molecule has 150 valence electrons. The number of anilines is 1. The summed E-state index contributed by atoms with van der Waals surface area (Å²) in [5.74, 6) is 0.414. The molecular weight excluding hydrogens is 380 g/mol. The van der Waals surface area contributed by atoms with Gasteiger partial charge in [0.1, 0.15) is 6.33 Å². The van der Waals surface area contributed by atoms with Crippen molar-refractivity contribution in [3.63, 3.8) is 0 Å². The van der Waals surface area contributed by atoms with Gasteiger partial charge in [0.15, 0.2) is 5.16 Å². The first-order valence-electron chi connectivity index (χ1n) is 9.78. The van der Waals surface area contributed by atoms with Crippen LogP contribution in [-0.2, 0) is 17.3 Å². The van der Waals surface area contributed by atoms with E-state index < -0.39 is 0 Å². The van der Waals surface area contributed by atoms with Crippen LogP contribution >= 0.6 is 11.8 Å². The second-order valence-electron chi connectivity index (χ2n) is 8.45. The van der Waals surface area contributed by atoms with E-state index in [0.29, 0.717) is 5.75 Å². The maximum atomic E-state index is 13.4. The number of hydrogen-bond donors (Lipinski definition) is 0. The minimum Gasteiger partial charge on any atom is -0.312 e. The minimum absolute atomic E-state index is 0.0885. The molecule has 0 radical (unpaired) electrons. The molecule has 3 aromatic rings. The third-order valence-corrected chi connectivity index (χ3v) is 6.80. The number of thioether (sulfide) groups is 1. The smallest absolute Gasteiger partial charge is 0.237 e. The second kappa shape index (κ2) is 7.34. The topological polar surface area (TPSA) is 51.0 Å². The number of para-hydroxylation sites is 1. The lowest BCUT2D eigenvalue weighted by Crippen LogP contribution is -2.56. The minimum atomic E-state index is -0.323. The number of nitrogens with zero attached hydrogens (tertiary/aromatic N) is 4. The summed E-state index contributed by atoms with van der Waals surface area (Å²) in [6, 6.07) is 18.9. The molecule has 1 amide bonds. The summed E-state index contributed by atoms with van der Waals surface area (Å²) in [4.78, 5) is 15.4. The molecule has 1 aliphatic rings. The summed E-state index contributed by atoms with van der Waals surface area (Å²) in [5.41, 5.74) is 2.99. The van der Waals surface area contributed by atoms with Gasteiger partial charge in [-0.1, -0.05) is 67.2 Å². The van der Waals surface area contributed by atoms with Gasteiger partial charge in [-0.05, 0) is 37.5 Å². The van der Waals surface area contributed by atoms with Crippen LogP contribution in [0.4, 0.5) is 5.69 Å². The van der Waals surface area contributed by atoms with Gasteiger partial charge >= 0.3 is 0 Å². The van der Waals surface area contributed by atoms with Crippen LogP contribution in [0.5, 0.6) is 0 Å². The highest BCUT2D eigenvalue weighted by molar-refractivity contribution is 7.99. The molecule has 1 aliphatic heterocycles. The summed E-state index contributed by atoms with van der Waals surface area (Å²) in [7, 11) is 1.89. The molecule has 0 fully saturated rings. The summed E-state index contributed by atoms with van der Waals surface area (Å²) in [6.07, 6.45) is 2.50. The van der Waals surface area contributed by atoms with Crippen LogP contribution in [0.3, 0.4) is 0 Å². The molecule has 0 spiro atoms. The molecule has 0 saturated heterocycles. The molecule has 1 atom stereocenters. The summed E-state index contributed by atoms with van der Waals surface area (Å²) >= 11 is 1.43. The van der Waals surface area contributed by atoms with Crippen LogP contribution in [0.15, 0.2) is 66.1 Å². The van der Waals surface area contributed by atoms with Crippen LogP contribution in [-0.4, -0.2) is 32.0 Å².